The SMILES string of the molecule is O=C(NCc1cc(Cl)ccn1)c1cncc(F)c1. The number of aromatic nitrogens is 2. The van der Waals surface area contributed by atoms with Crippen LogP contribution in [0.2, 0.25) is 5.02 Å². The van der Waals surface area contributed by atoms with Crippen molar-refractivity contribution in [3.63, 3.8) is 0 Å². The van der Waals surface area contributed by atoms with Crippen LogP contribution in [-0.4, -0.2) is 15.9 Å². The molecule has 2 heterocycles. The third kappa shape index (κ3) is 3.24. The minimum Gasteiger partial charge on any atom is -0.346 e. The molecule has 0 aliphatic carbocycles. The molecule has 0 saturated heterocycles. The van der Waals surface area contributed by atoms with Gasteiger partial charge in [0.2, 0.25) is 0 Å². The van der Waals surface area contributed by atoms with Crippen molar-refractivity contribution in [3.8, 4) is 0 Å². The van der Waals surface area contributed by atoms with E-state index in [0.29, 0.717) is 10.7 Å². The van der Waals surface area contributed by atoms with E-state index in [4.69, 9.17) is 11.6 Å². The molecule has 0 radical (unpaired) electrons. The van der Waals surface area contributed by atoms with E-state index in [2.05, 4.69) is 15.3 Å². The summed E-state index contributed by atoms with van der Waals surface area (Å²) in [7, 11) is 0. The summed E-state index contributed by atoms with van der Waals surface area (Å²) in [5.74, 6) is -0.965. The molecule has 0 spiro atoms. The lowest BCUT2D eigenvalue weighted by atomic mass is 10.2. The normalized spacial score (nSPS) is 10.1. The molecule has 2 aromatic rings. The van der Waals surface area contributed by atoms with E-state index in [1.807, 2.05) is 0 Å². The van der Waals surface area contributed by atoms with Crippen molar-refractivity contribution in [2.75, 3.05) is 0 Å². The van der Waals surface area contributed by atoms with Gasteiger partial charge >= 0.3 is 0 Å². The van der Waals surface area contributed by atoms with Gasteiger partial charge in [-0.1, -0.05) is 11.6 Å². The highest BCUT2D eigenvalue weighted by Crippen LogP contribution is 2.08. The van der Waals surface area contributed by atoms with Gasteiger partial charge in [-0.05, 0) is 18.2 Å². The van der Waals surface area contributed by atoms with Crippen LogP contribution in [0.4, 0.5) is 4.39 Å². The van der Waals surface area contributed by atoms with E-state index in [9.17, 15) is 9.18 Å². The zero-order valence-corrected chi connectivity index (χ0v) is 9.99. The first-order valence-corrected chi connectivity index (χ1v) is 5.52. The van der Waals surface area contributed by atoms with Gasteiger partial charge in [0, 0.05) is 17.4 Å². The van der Waals surface area contributed by atoms with Gasteiger partial charge in [0.1, 0.15) is 5.82 Å². The number of nitrogens with zero attached hydrogens (tertiary/aromatic N) is 2. The Morgan fingerprint density at radius 2 is 2.22 bits per heavy atom. The Balaban J connectivity index is 2.00. The van der Waals surface area contributed by atoms with Crippen molar-refractivity contribution in [2.24, 2.45) is 0 Å². The number of rotatable bonds is 3. The molecular formula is C12H9ClFN3O. The summed E-state index contributed by atoms with van der Waals surface area (Å²) >= 11 is 5.79. The summed E-state index contributed by atoms with van der Waals surface area (Å²) < 4.78 is 12.9. The van der Waals surface area contributed by atoms with Gasteiger partial charge in [-0.2, -0.15) is 0 Å². The Morgan fingerprint density at radius 3 is 2.94 bits per heavy atom. The predicted molar refractivity (Wildman–Crippen MR) is 64.6 cm³/mol. The second kappa shape index (κ2) is 5.55. The molecule has 0 aliphatic rings. The Morgan fingerprint density at radius 1 is 1.39 bits per heavy atom. The highest BCUT2D eigenvalue weighted by atomic mass is 35.5. The molecule has 0 fully saturated rings. The molecule has 2 rings (SSSR count). The van der Waals surface area contributed by atoms with Crippen molar-refractivity contribution < 1.29 is 9.18 Å². The number of halogens is 2. The first-order chi connectivity index (χ1) is 8.65. The third-order valence-electron chi connectivity index (χ3n) is 2.18. The van der Waals surface area contributed by atoms with Crippen LogP contribution in [0.3, 0.4) is 0 Å². The van der Waals surface area contributed by atoms with Gasteiger partial charge in [-0.3, -0.25) is 14.8 Å². The average molecular weight is 266 g/mol. The zero-order chi connectivity index (χ0) is 13.0. The lowest BCUT2D eigenvalue weighted by Gasteiger charge is -2.04. The fourth-order valence-electron chi connectivity index (χ4n) is 1.35. The van der Waals surface area contributed by atoms with Crippen molar-refractivity contribution in [1.82, 2.24) is 15.3 Å². The van der Waals surface area contributed by atoms with Crippen molar-refractivity contribution in [3.05, 3.63) is 58.9 Å². The maximum atomic E-state index is 12.9. The number of hydrogen-bond donors (Lipinski definition) is 1. The summed E-state index contributed by atoms with van der Waals surface area (Å²) in [6.07, 6.45) is 3.88. The van der Waals surface area contributed by atoms with Gasteiger partial charge in [0.05, 0.1) is 24.0 Å². The van der Waals surface area contributed by atoms with Crippen LogP contribution < -0.4 is 5.32 Å². The smallest absolute Gasteiger partial charge is 0.253 e. The van der Waals surface area contributed by atoms with Crippen molar-refractivity contribution in [1.29, 1.82) is 0 Å². The minimum absolute atomic E-state index is 0.164. The Kier molecular flexibility index (Phi) is 3.84. The number of pyridine rings is 2. The molecule has 0 unspecified atom stereocenters. The number of hydrogen-bond acceptors (Lipinski definition) is 3. The predicted octanol–water partition coefficient (Wildman–Crippen LogP) is 2.20. The summed E-state index contributed by atoms with van der Waals surface area (Å²) in [4.78, 5) is 19.3. The van der Waals surface area contributed by atoms with Crippen molar-refractivity contribution >= 4 is 17.5 Å². The molecule has 0 aliphatic heterocycles. The lowest BCUT2D eigenvalue weighted by molar-refractivity contribution is 0.0949. The molecule has 4 nitrogen and oxygen atoms in total. The van der Waals surface area contributed by atoms with E-state index in [-0.39, 0.29) is 12.1 Å². The molecule has 2 aromatic heterocycles. The molecule has 6 heteroatoms. The highest BCUT2D eigenvalue weighted by Gasteiger charge is 2.07. The fraction of sp³-hybridized carbons (Fsp3) is 0.0833. The second-order valence-electron chi connectivity index (χ2n) is 3.54. The van der Waals surface area contributed by atoms with Gasteiger partial charge in [0.15, 0.2) is 0 Å². The number of carbonyl (C=O) groups excluding carboxylic acids is 1. The first kappa shape index (κ1) is 12.4. The van der Waals surface area contributed by atoms with E-state index >= 15 is 0 Å². The summed E-state index contributed by atoms with van der Waals surface area (Å²) in [5, 5.41) is 3.15. The molecule has 18 heavy (non-hydrogen) atoms. The molecule has 1 N–H and O–H groups in total. The molecule has 0 aromatic carbocycles. The molecule has 92 valence electrons. The van der Waals surface area contributed by atoms with Crippen LogP contribution in [-0.2, 0) is 6.54 Å². The molecule has 0 atom stereocenters. The van der Waals surface area contributed by atoms with E-state index in [1.54, 1.807) is 18.3 Å². The largest absolute Gasteiger partial charge is 0.346 e. The van der Waals surface area contributed by atoms with Crippen LogP contribution in [0.5, 0.6) is 0 Å². The average Bonchev–Trinajstić information content (AvgIpc) is 2.36. The standard InChI is InChI=1S/C12H9ClFN3O/c13-9-1-2-16-11(4-9)7-17-12(18)8-3-10(14)6-15-5-8/h1-6H,7H2,(H,17,18). The summed E-state index contributed by atoms with van der Waals surface area (Å²) in [5.41, 5.74) is 0.789. The summed E-state index contributed by atoms with van der Waals surface area (Å²) in [6.45, 7) is 0.218. The molecule has 0 saturated carbocycles. The Bertz CT molecular complexity index is 577. The number of nitrogens with one attached hydrogen (secondary N) is 1. The van der Waals surface area contributed by atoms with E-state index in [1.165, 1.54) is 6.20 Å². The monoisotopic (exact) mass is 265 g/mol. The van der Waals surface area contributed by atoms with Crippen LogP contribution in [0, 0.1) is 5.82 Å². The Hall–Kier alpha value is -2.01. The van der Waals surface area contributed by atoms with E-state index in [0.717, 1.165) is 12.3 Å². The third-order valence-corrected chi connectivity index (χ3v) is 2.41. The fourth-order valence-corrected chi connectivity index (χ4v) is 1.54. The van der Waals surface area contributed by atoms with Gasteiger partial charge < -0.3 is 5.32 Å². The zero-order valence-electron chi connectivity index (χ0n) is 9.23. The maximum absolute atomic E-state index is 12.9. The highest BCUT2D eigenvalue weighted by molar-refractivity contribution is 6.30. The van der Waals surface area contributed by atoms with Crippen LogP contribution in [0.1, 0.15) is 16.1 Å². The number of amides is 1. The quantitative estimate of drug-likeness (QED) is 0.926. The van der Waals surface area contributed by atoms with Crippen LogP contribution in [0.15, 0.2) is 36.8 Å². The Labute approximate surface area is 108 Å². The van der Waals surface area contributed by atoms with Crippen LogP contribution in [0.25, 0.3) is 0 Å². The van der Waals surface area contributed by atoms with Crippen molar-refractivity contribution in [2.45, 2.75) is 6.54 Å². The van der Waals surface area contributed by atoms with Crippen LogP contribution >= 0.6 is 11.6 Å². The topological polar surface area (TPSA) is 54.9 Å². The van der Waals surface area contributed by atoms with Gasteiger partial charge in [0.25, 0.3) is 5.91 Å². The molecular weight excluding hydrogens is 257 g/mol. The summed E-state index contributed by atoms with van der Waals surface area (Å²) in [6, 6.07) is 4.41. The van der Waals surface area contributed by atoms with Gasteiger partial charge in [-0.25, -0.2) is 4.39 Å². The first-order valence-electron chi connectivity index (χ1n) is 5.14. The lowest BCUT2D eigenvalue weighted by Crippen LogP contribution is -2.23. The van der Waals surface area contributed by atoms with Gasteiger partial charge in [-0.15, -0.1) is 0 Å². The molecule has 1 amide bonds. The van der Waals surface area contributed by atoms with E-state index < -0.39 is 11.7 Å². The second-order valence-corrected chi connectivity index (χ2v) is 3.98. The minimum atomic E-state index is -0.552. The molecule has 0 bridgehead atoms. The number of carbonyl (C=O) groups is 1. The maximum Gasteiger partial charge on any atom is 0.253 e.